The molecule has 1 atom stereocenters. The predicted octanol–water partition coefficient (Wildman–Crippen LogP) is 2.78. The van der Waals surface area contributed by atoms with Crippen molar-refractivity contribution in [2.45, 2.75) is 33.2 Å². The summed E-state index contributed by atoms with van der Waals surface area (Å²) in [5.41, 5.74) is 6.86. The molecule has 0 aromatic heterocycles. The number of nitrogens with zero attached hydrogens (tertiary/aromatic N) is 1. The van der Waals surface area contributed by atoms with Crippen LogP contribution in [-0.2, 0) is 0 Å². The van der Waals surface area contributed by atoms with E-state index in [1.807, 2.05) is 14.0 Å². The lowest BCUT2D eigenvalue weighted by Gasteiger charge is -2.27. The lowest BCUT2D eigenvalue weighted by molar-refractivity contribution is 0.0729. The molecule has 2 N–H and O–H groups in total. The summed E-state index contributed by atoms with van der Waals surface area (Å²) < 4.78 is 5.14. The average molecular weight is 264 g/mol. The highest BCUT2D eigenvalue weighted by atomic mass is 16.5. The van der Waals surface area contributed by atoms with Crippen LogP contribution in [0.15, 0.2) is 18.2 Å². The Balaban J connectivity index is 2.93. The molecule has 0 fully saturated rings. The predicted molar refractivity (Wildman–Crippen MR) is 78.4 cm³/mol. The van der Waals surface area contributed by atoms with Gasteiger partial charge in [-0.15, -0.1) is 0 Å². The smallest absolute Gasteiger partial charge is 0.256 e. The van der Waals surface area contributed by atoms with E-state index in [9.17, 15) is 4.79 Å². The molecule has 0 radical (unpaired) electrons. The van der Waals surface area contributed by atoms with Gasteiger partial charge in [-0.3, -0.25) is 4.79 Å². The molecule has 4 nitrogen and oxygen atoms in total. The molecule has 0 aliphatic heterocycles. The van der Waals surface area contributed by atoms with Crippen LogP contribution in [-0.4, -0.2) is 31.0 Å². The third-order valence-electron chi connectivity index (χ3n) is 3.28. The third-order valence-corrected chi connectivity index (χ3v) is 3.28. The van der Waals surface area contributed by atoms with Gasteiger partial charge in [0, 0.05) is 18.8 Å². The number of anilines is 1. The molecule has 1 rings (SSSR count). The topological polar surface area (TPSA) is 55.6 Å². The van der Waals surface area contributed by atoms with Gasteiger partial charge in [-0.2, -0.15) is 0 Å². The molecular formula is C15H24N2O2. The van der Waals surface area contributed by atoms with E-state index in [4.69, 9.17) is 10.5 Å². The first-order valence-electron chi connectivity index (χ1n) is 6.57. The van der Waals surface area contributed by atoms with Gasteiger partial charge in [0.1, 0.15) is 5.75 Å². The Morgan fingerprint density at radius 1 is 1.37 bits per heavy atom. The number of nitrogen functional groups attached to an aromatic ring is 1. The lowest BCUT2D eigenvalue weighted by Crippen LogP contribution is -2.36. The molecule has 19 heavy (non-hydrogen) atoms. The molecular weight excluding hydrogens is 240 g/mol. The molecule has 0 saturated carbocycles. The van der Waals surface area contributed by atoms with Crippen LogP contribution in [0.2, 0.25) is 0 Å². The van der Waals surface area contributed by atoms with Crippen LogP contribution in [0.1, 0.15) is 37.6 Å². The number of ether oxygens (including phenoxy) is 1. The fourth-order valence-corrected chi connectivity index (χ4v) is 2.08. The SMILES string of the molecule is COc1ccc(N)c(C(=O)N(C)C(C)CC(C)C)c1. The Morgan fingerprint density at radius 2 is 2.00 bits per heavy atom. The van der Waals surface area contributed by atoms with Gasteiger partial charge in [0.2, 0.25) is 0 Å². The van der Waals surface area contributed by atoms with Gasteiger partial charge < -0.3 is 15.4 Å². The van der Waals surface area contributed by atoms with Crippen molar-refractivity contribution in [3.63, 3.8) is 0 Å². The van der Waals surface area contributed by atoms with E-state index < -0.39 is 0 Å². The summed E-state index contributed by atoms with van der Waals surface area (Å²) in [6.07, 6.45) is 0.964. The van der Waals surface area contributed by atoms with Gasteiger partial charge in [0.15, 0.2) is 0 Å². The molecule has 4 heteroatoms. The van der Waals surface area contributed by atoms with Crippen LogP contribution in [0.3, 0.4) is 0 Å². The molecule has 106 valence electrons. The van der Waals surface area contributed by atoms with Gasteiger partial charge in [0.25, 0.3) is 5.91 Å². The Labute approximate surface area is 115 Å². The van der Waals surface area contributed by atoms with Crippen molar-refractivity contribution in [1.82, 2.24) is 4.90 Å². The molecule has 1 amide bonds. The molecule has 0 saturated heterocycles. The molecule has 1 aromatic carbocycles. The number of carbonyl (C=O) groups excluding carboxylic acids is 1. The van der Waals surface area contributed by atoms with Crippen molar-refractivity contribution >= 4 is 11.6 Å². The number of carbonyl (C=O) groups is 1. The molecule has 1 aromatic rings. The second-order valence-electron chi connectivity index (χ2n) is 5.35. The van der Waals surface area contributed by atoms with Crippen molar-refractivity contribution in [2.24, 2.45) is 5.92 Å². The van der Waals surface area contributed by atoms with Gasteiger partial charge in [-0.1, -0.05) is 13.8 Å². The highest BCUT2D eigenvalue weighted by Crippen LogP contribution is 2.22. The highest BCUT2D eigenvalue weighted by Gasteiger charge is 2.20. The summed E-state index contributed by atoms with van der Waals surface area (Å²) in [7, 11) is 3.39. The minimum atomic E-state index is -0.0652. The second kappa shape index (κ2) is 6.45. The first-order chi connectivity index (χ1) is 8.86. The maximum atomic E-state index is 12.4. The minimum absolute atomic E-state index is 0.0652. The quantitative estimate of drug-likeness (QED) is 0.832. The summed E-state index contributed by atoms with van der Waals surface area (Å²) in [6.45, 7) is 6.34. The molecule has 0 aliphatic carbocycles. The summed E-state index contributed by atoms with van der Waals surface area (Å²) >= 11 is 0. The fourth-order valence-electron chi connectivity index (χ4n) is 2.08. The van der Waals surface area contributed by atoms with Crippen molar-refractivity contribution in [3.05, 3.63) is 23.8 Å². The minimum Gasteiger partial charge on any atom is -0.497 e. The third kappa shape index (κ3) is 3.88. The summed E-state index contributed by atoms with van der Waals surface area (Å²) in [5.74, 6) is 1.12. The number of nitrogens with two attached hydrogens (primary N) is 1. The van der Waals surface area contributed by atoms with E-state index in [1.165, 1.54) is 0 Å². The van der Waals surface area contributed by atoms with Crippen molar-refractivity contribution < 1.29 is 9.53 Å². The van der Waals surface area contributed by atoms with Crippen LogP contribution in [0.4, 0.5) is 5.69 Å². The van der Waals surface area contributed by atoms with E-state index in [0.29, 0.717) is 22.9 Å². The standard InChI is InChI=1S/C15H24N2O2/c1-10(2)8-11(3)17(4)15(18)13-9-12(19-5)6-7-14(13)16/h6-7,9-11H,8,16H2,1-5H3. The number of benzene rings is 1. The monoisotopic (exact) mass is 264 g/mol. The van der Waals surface area contributed by atoms with Gasteiger partial charge >= 0.3 is 0 Å². The van der Waals surface area contributed by atoms with E-state index in [2.05, 4.69) is 13.8 Å². The number of rotatable bonds is 5. The van der Waals surface area contributed by atoms with Crippen molar-refractivity contribution in [1.29, 1.82) is 0 Å². The average Bonchev–Trinajstić information content (AvgIpc) is 2.36. The number of methoxy groups -OCH3 is 1. The van der Waals surface area contributed by atoms with Crippen molar-refractivity contribution in [2.75, 3.05) is 19.9 Å². The van der Waals surface area contributed by atoms with Gasteiger partial charge in [0.05, 0.1) is 12.7 Å². The number of hydrogen-bond donors (Lipinski definition) is 1. The molecule has 1 unspecified atom stereocenters. The first-order valence-corrected chi connectivity index (χ1v) is 6.57. The largest absolute Gasteiger partial charge is 0.497 e. The first kappa shape index (κ1) is 15.3. The number of amides is 1. The van der Waals surface area contributed by atoms with Crippen LogP contribution < -0.4 is 10.5 Å². The van der Waals surface area contributed by atoms with Gasteiger partial charge in [-0.25, -0.2) is 0 Å². The zero-order valence-electron chi connectivity index (χ0n) is 12.4. The van der Waals surface area contributed by atoms with E-state index in [1.54, 1.807) is 30.2 Å². The summed E-state index contributed by atoms with van der Waals surface area (Å²) in [5, 5.41) is 0. The Morgan fingerprint density at radius 3 is 2.53 bits per heavy atom. The highest BCUT2D eigenvalue weighted by molar-refractivity contribution is 5.99. The van der Waals surface area contributed by atoms with Crippen LogP contribution >= 0.6 is 0 Å². The van der Waals surface area contributed by atoms with Crippen LogP contribution in [0.5, 0.6) is 5.75 Å². The summed E-state index contributed by atoms with van der Waals surface area (Å²) in [4.78, 5) is 14.2. The maximum absolute atomic E-state index is 12.4. The van der Waals surface area contributed by atoms with E-state index in [0.717, 1.165) is 6.42 Å². The van der Waals surface area contributed by atoms with E-state index >= 15 is 0 Å². The fraction of sp³-hybridized carbons (Fsp3) is 0.533. The van der Waals surface area contributed by atoms with Gasteiger partial charge in [-0.05, 0) is 37.5 Å². The van der Waals surface area contributed by atoms with Crippen molar-refractivity contribution in [3.8, 4) is 5.75 Å². The normalized spacial score (nSPS) is 12.3. The Hall–Kier alpha value is -1.71. The molecule has 0 spiro atoms. The zero-order chi connectivity index (χ0) is 14.6. The van der Waals surface area contributed by atoms with Crippen LogP contribution in [0.25, 0.3) is 0 Å². The Kier molecular flexibility index (Phi) is 5.21. The zero-order valence-corrected chi connectivity index (χ0v) is 12.4. The molecule has 0 bridgehead atoms. The van der Waals surface area contributed by atoms with E-state index in [-0.39, 0.29) is 11.9 Å². The Bertz CT molecular complexity index is 444. The molecule has 0 aliphatic rings. The molecule has 0 heterocycles. The second-order valence-corrected chi connectivity index (χ2v) is 5.35. The maximum Gasteiger partial charge on any atom is 0.256 e. The summed E-state index contributed by atoms with van der Waals surface area (Å²) in [6, 6.07) is 5.32. The van der Waals surface area contributed by atoms with Crippen LogP contribution in [0, 0.1) is 5.92 Å². The lowest BCUT2D eigenvalue weighted by atomic mass is 10.0. The number of hydrogen-bond acceptors (Lipinski definition) is 3.